The SMILES string of the molecule is O=C1NCC(CSC2=NCCS2)O1. The van der Waals surface area contributed by atoms with Crippen molar-refractivity contribution in [2.24, 2.45) is 4.99 Å². The molecule has 0 saturated carbocycles. The van der Waals surface area contributed by atoms with Gasteiger partial charge in [-0.3, -0.25) is 4.99 Å². The molecule has 1 amide bonds. The fraction of sp³-hybridized carbons (Fsp3) is 0.714. The third kappa shape index (κ3) is 2.54. The molecule has 6 heteroatoms. The van der Waals surface area contributed by atoms with Crippen molar-refractivity contribution in [3.05, 3.63) is 0 Å². The predicted molar refractivity (Wildman–Crippen MR) is 55.5 cm³/mol. The van der Waals surface area contributed by atoms with E-state index in [-0.39, 0.29) is 12.2 Å². The molecule has 72 valence electrons. The molecule has 0 aromatic carbocycles. The standard InChI is InChI=1S/C7H10N2O2S2/c10-6-9-3-5(11-6)4-13-7-8-1-2-12-7/h5H,1-4H2,(H,9,10). The Labute approximate surface area is 84.9 Å². The van der Waals surface area contributed by atoms with Gasteiger partial charge in [0.15, 0.2) is 0 Å². The summed E-state index contributed by atoms with van der Waals surface area (Å²) in [5, 5.41) is 2.62. The van der Waals surface area contributed by atoms with Crippen molar-refractivity contribution >= 4 is 34.0 Å². The number of amides is 1. The molecule has 2 rings (SSSR count). The lowest BCUT2D eigenvalue weighted by Crippen LogP contribution is -2.17. The second-order valence-corrected chi connectivity index (χ2v) is 5.07. The maximum absolute atomic E-state index is 10.7. The fourth-order valence-electron chi connectivity index (χ4n) is 1.09. The molecule has 1 N–H and O–H groups in total. The second-order valence-electron chi connectivity index (χ2n) is 2.72. The third-order valence-corrected chi connectivity index (χ3v) is 4.08. The Kier molecular flexibility index (Phi) is 3.00. The first-order valence-electron chi connectivity index (χ1n) is 4.09. The minimum Gasteiger partial charge on any atom is -0.443 e. The van der Waals surface area contributed by atoms with Crippen LogP contribution in [0.3, 0.4) is 0 Å². The molecule has 1 atom stereocenters. The average molecular weight is 218 g/mol. The summed E-state index contributed by atoms with van der Waals surface area (Å²) in [6.07, 6.45) is -0.284. The van der Waals surface area contributed by atoms with E-state index in [1.54, 1.807) is 23.5 Å². The highest BCUT2D eigenvalue weighted by atomic mass is 32.2. The van der Waals surface area contributed by atoms with Crippen molar-refractivity contribution in [3.63, 3.8) is 0 Å². The molecule has 0 aliphatic carbocycles. The lowest BCUT2D eigenvalue weighted by atomic mass is 10.4. The van der Waals surface area contributed by atoms with Crippen molar-refractivity contribution in [2.45, 2.75) is 6.10 Å². The average Bonchev–Trinajstić information content (AvgIpc) is 2.71. The zero-order valence-corrected chi connectivity index (χ0v) is 8.62. The molecular weight excluding hydrogens is 208 g/mol. The molecule has 2 aliphatic heterocycles. The van der Waals surface area contributed by atoms with Gasteiger partial charge in [-0.05, 0) is 0 Å². The van der Waals surface area contributed by atoms with E-state index in [0.29, 0.717) is 6.54 Å². The number of hydrogen-bond donors (Lipinski definition) is 1. The molecule has 1 fully saturated rings. The Morgan fingerprint density at radius 3 is 3.31 bits per heavy atom. The molecular formula is C7H10N2O2S2. The smallest absolute Gasteiger partial charge is 0.407 e. The van der Waals surface area contributed by atoms with E-state index >= 15 is 0 Å². The van der Waals surface area contributed by atoms with Gasteiger partial charge < -0.3 is 10.1 Å². The number of ether oxygens (including phenoxy) is 1. The lowest BCUT2D eigenvalue weighted by molar-refractivity contribution is 0.150. The molecule has 2 aliphatic rings. The minimum atomic E-state index is -0.299. The molecule has 0 aromatic heterocycles. The molecule has 1 unspecified atom stereocenters. The number of nitrogens with one attached hydrogen (secondary N) is 1. The van der Waals surface area contributed by atoms with Crippen LogP contribution in [0, 0.1) is 0 Å². The van der Waals surface area contributed by atoms with Gasteiger partial charge in [0.25, 0.3) is 0 Å². The second kappa shape index (κ2) is 4.23. The van der Waals surface area contributed by atoms with E-state index < -0.39 is 0 Å². The van der Waals surface area contributed by atoms with Crippen LogP contribution in [0.5, 0.6) is 0 Å². The fourth-order valence-corrected chi connectivity index (χ4v) is 3.12. The number of cyclic esters (lactones) is 1. The molecule has 0 spiro atoms. The van der Waals surface area contributed by atoms with Gasteiger partial charge in [-0.15, -0.1) is 0 Å². The summed E-state index contributed by atoms with van der Waals surface area (Å²) in [5.41, 5.74) is 0. The van der Waals surface area contributed by atoms with Crippen molar-refractivity contribution in [1.82, 2.24) is 5.32 Å². The van der Waals surface area contributed by atoms with E-state index in [4.69, 9.17) is 4.74 Å². The van der Waals surface area contributed by atoms with Gasteiger partial charge in [-0.25, -0.2) is 4.79 Å². The van der Waals surface area contributed by atoms with Crippen molar-refractivity contribution in [1.29, 1.82) is 0 Å². The molecule has 13 heavy (non-hydrogen) atoms. The number of hydrogen-bond acceptors (Lipinski definition) is 5. The summed E-state index contributed by atoms with van der Waals surface area (Å²) in [6.45, 7) is 1.56. The third-order valence-electron chi connectivity index (χ3n) is 1.70. The Bertz CT molecular complexity index is 245. The van der Waals surface area contributed by atoms with Crippen LogP contribution < -0.4 is 5.32 Å². The molecule has 2 heterocycles. The van der Waals surface area contributed by atoms with Crippen LogP contribution in [0.1, 0.15) is 0 Å². The maximum atomic E-state index is 10.7. The Hall–Kier alpha value is -0.360. The van der Waals surface area contributed by atoms with E-state index in [2.05, 4.69) is 10.3 Å². The van der Waals surface area contributed by atoms with Crippen LogP contribution in [-0.4, -0.2) is 41.2 Å². The summed E-state index contributed by atoms with van der Waals surface area (Å²) in [4.78, 5) is 15.0. The highest BCUT2D eigenvalue weighted by Crippen LogP contribution is 2.23. The largest absolute Gasteiger partial charge is 0.443 e. The van der Waals surface area contributed by atoms with Gasteiger partial charge in [-0.1, -0.05) is 23.5 Å². The molecule has 0 radical (unpaired) electrons. The summed E-state index contributed by atoms with van der Waals surface area (Å²) in [7, 11) is 0. The van der Waals surface area contributed by atoms with Gasteiger partial charge in [0.05, 0.1) is 13.1 Å². The number of alkyl carbamates (subject to hydrolysis) is 1. The molecule has 0 aromatic rings. The van der Waals surface area contributed by atoms with Gasteiger partial charge in [-0.2, -0.15) is 0 Å². The van der Waals surface area contributed by atoms with Crippen molar-refractivity contribution < 1.29 is 9.53 Å². The van der Waals surface area contributed by atoms with Gasteiger partial charge in [0.2, 0.25) is 0 Å². The van der Waals surface area contributed by atoms with Crippen molar-refractivity contribution in [3.8, 4) is 0 Å². The van der Waals surface area contributed by atoms with Gasteiger partial charge in [0.1, 0.15) is 10.5 Å². The van der Waals surface area contributed by atoms with Crippen LogP contribution in [0.2, 0.25) is 0 Å². The first-order chi connectivity index (χ1) is 6.34. The van der Waals surface area contributed by atoms with E-state index in [0.717, 1.165) is 22.4 Å². The zero-order chi connectivity index (χ0) is 9.10. The van der Waals surface area contributed by atoms with Crippen LogP contribution in [0.4, 0.5) is 4.79 Å². The van der Waals surface area contributed by atoms with E-state index in [1.807, 2.05) is 0 Å². The maximum Gasteiger partial charge on any atom is 0.407 e. The van der Waals surface area contributed by atoms with Crippen LogP contribution in [0.15, 0.2) is 4.99 Å². The normalized spacial score (nSPS) is 26.9. The first kappa shape index (κ1) is 9.21. The first-order valence-corrected chi connectivity index (χ1v) is 6.06. The molecule has 4 nitrogen and oxygen atoms in total. The highest BCUT2D eigenvalue weighted by molar-refractivity contribution is 8.39. The summed E-state index contributed by atoms with van der Waals surface area (Å²) in [6, 6.07) is 0. The summed E-state index contributed by atoms with van der Waals surface area (Å²) < 4.78 is 6.11. The topological polar surface area (TPSA) is 50.7 Å². The quantitative estimate of drug-likeness (QED) is 0.749. The zero-order valence-electron chi connectivity index (χ0n) is 6.99. The molecule has 0 bridgehead atoms. The number of nitrogens with zero attached hydrogens (tertiary/aromatic N) is 1. The minimum absolute atomic E-state index is 0.0152. The number of thioether (sulfide) groups is 2. The number of carbonyl (C=O) groups excluding carboxylic acids is 1. The van der Waals surface area contributed by atoms with E-state index in [1.165, 1.54) is 0 Å². The Morgan fingerprint density at radius 2 is 2.69 bits per heavy atom. The number of aliphatic imine (C=N–C) groups is 1. The lowest BCUT2D eigenvalue weighted by Gasteiger charge is -2.05. The Morgan fingerprint density at radius 1 is 1.77 bits per heavy atom. The van der Waals surface area contributed by atoms with Crippen LogP contribution in [-0.2, 0) is 4.74 Å². The van der Waals surface area contributed by atoms with Gasteiger partial charge >= 0.3 is 6.09 Å². The number of carbonyl (C=O) groups is 1. The highest BCUT2D eigenvalue weighted by Gasteiger charge is 2.23. The van der Waals surface area contributed by atoms with E-state index in [9.17, 15) is 4.79 Å². The number of rotatable bonds is 2. The Balaban J connectivity index is 1.70. The van der Waals surface area contributed by atoms with Crippen molar-refractivity contribution in [2.75, 3.05) is 24.6 Å². The molecule has 1 saturated heterocycles. The van der Waals surface area contributed by atoms with Crippen LogP contribution >= 0.6 is 23.5 Å². The summed E-state index contributed by atoms with van der Waals surface area (Å²) >= 11 is 3.46. The summed E-state index contributed by atoms with van der Waals surface area (Å²) in [5.74, 6) is 1.90. The predicted octanol–water partition coefficient (Wildman–Crippen LogP) is 0.931. The van der Waals surface area contributed by atoms with Gasteiger partial charge in [0, 0.05) is 11.5 Å². The van der Waals surface area contributed by atoms with Crippen LogP contribution in [0.25, 0.3) is 0 Å². The monoisotopic (exact) mass is 218 g/mol.